The van der Waals surface area contributed by atoms with Crippen LogP contribution in [0.15, 0.2) is 0 Å². The van der Waals surface area contributed by atoms with Gasteiger partial charge in [-0.25, -0.2) is 4.79 Å². The monoisotopic (exact) mass is 270 g/mol. The summed E-state index contributed by atoms with van der Waals surface area (Å²) in [5.41, 5.74) is -1.28. The van der Waals surface area contributed by atoms with Gasteiger partial charge in [0, 0.05) is 6.92 Å². The Labute approximate surface area is 111 Å². The lowest BCUT2D eigenvalue weighted by atomic mass is 9.77. The molecule has 106 valence electrons. The molecule has 1 saturated heterocycles. The van der Waals surface area contributed by atoms with Crippen molar-refractivity contribution in [3.05, 3.63) is 0 Å². The van der Waals surface area contributed by atoms with Crippen LogP contribution in [0.4, 0.5) is 4.79 Å². The average Bonchev–Trinajstić information content (AvgIpc) is 2.27. The molecule has 0 bridgehead atoms. The maximum absolute atomic E-state index is 11.9. The standard InChI is InChI=1S/C12H18N2O5/c1-4-12(6-5-7(2)19-8(3)15)9(16)13-11(18)14-10(12)17/h7H,4-6H2,1-3H3,(H2,13,14,16,17,18). The smallest absolute Gasteiger partial charge is 0.328 e. The molecule has 1 aliphatic heterocycles. The SMILES string of the molecule is CCC1(CCC(C)OC(C)=O)C(=O)NC(=O)NC1=O. The molecule has 7 nitrogen and oxygen atoms in total. The van der Waals surface area contributed by atoms with Crippen molar-refractivity contribution < 1.29 is 23.9 Å². The molecular formula is C12H18N2O5. The third kappa shape index (κ3) is 3.30. The Hall–Kier alpha value is -1.92. The van der Waals surface area contributed by atoms with Gasteiger partial charge in [0.25, 0.3) is 0 Å². The molecule has 1 aliphatic rings. The summed E-state index contributed by atoms with van der Waals surface area (Å²) >= 11 is 0. The molecule has 19 heavy (non-hydrogen) atoms. The van der Waals surface area contributed by atoms with Crippen molar-refractivity contribution in [1.82, 2.24) is 10.6 Å². The highest BCUT2D eigenvalue weighted by molar-refractivity contribution is 6.19. The lowest BCUT2D eigenvalue weighted by Crippen LogP contribution is -2.62. The number of carbonyl (C=O) groups excluding carboxylic acids is 4. The molecule has 0 aromatic heterocycles. The van der Waals surface area contributed by atoms with Crippen molar-refractivity contribution in [2.24, 2.45) is 5.41 Å². The minimum absolute atomic E-state index is 0.211. The third-order valence-electron chi connectivity index (χ3n) is 3.27. The molecule has 7 heteroatoms. The van der Waals surface area contributed by atoms with E-state index in [-0.39, 0.29) is 18.9 Å². The number of ether oxygens (including phenoxy) is 1. The maximum Gasteiger partial charge on any atom is 0.328 e. The Morgan fingerprint density at radius 3 is 2.21 bits per heavy atom. The first-order valence-electron chi connectivity index (χ1n) is 6.16. The lowest BCUT2D eigenvalue weighted by molar-refractivity contribution is -0.147. The highest BCUT2D eigenvalue weighted by atomic mass is 16.5. The Bertz CT molecular complexity index is 398. The van der Waals surface area contributed by atoms with E-state index < -0.39 is 29.2 Å². The van der Waals surface area contributed by atoms with E-state index in [0.29, 0.717) is 6.42 Å². The zero-order valence-corrected chi connectivity index (χ0v) is 11.2. The van der Waals surface area contributed by atoms with E-state index >= 15 is 0 Å². The Balaban J connectivity index is 2.75. The molecule has 0 spiro atoms. The lowest BCUT2D eigenvalue weighted by Gasteiger charge is -2.33. The number of amides is 4. The van der Waals surface area contributed by atoms with Crippen LogP contribution < -0.4 is 10.6 Å². The van der Waals surface area contributed by atoms with Crippen molar-refractivity contribution in [3.63, 3.8) is 0 Å². The first kappa shape index (κ1) is 15.1. The molecule has 0 saturated carbocycles. The number of urea groups is 1. The van der Waals surface area contributed by atoms with Crippen LogP contribution in [0.25, 0.3) is 0 Å². The number of esters is 1. The van der Waals surface area contributed by atoms with Crippen LogP contribution in [0.5, 0.6) is 0 Å². The predicted molar refractivity (Wildman–Crippen MR) is 64.9 cm³/mol. The van der Waals surface area contributed by atoms with E-state index in [2.05, 4.69) is 10.6 Å². The predicted octanol–water partition coefficient (Wildman–Crippen LogP) is 0.481. The minimum atomic E-state index is -1.28. The third-order valence-corrected chi connectivity index (χ3v) is 3.27. The van der Waals surface area contributed by atoms with Crippen molar-refractivity contribution in [2.75, 3.05) is 0 Å². The topological polar surface area (TPSA) is 102 Å². The summed E-state index contributed by atoms with van der Waals surface area (Å²) in [6, 6.07) is -0.799. The molecule has 1 atom stereocenters. The molecule has 4 amide bonds. The Morgan fingerprint density at radius 1 is 1.26 bits per heavy atom. The summed E-state index contributed by atoms with van der Waals surface area (Å²) < 4.78 is 4.95. The zero-order valence-electron chi connectivity index (χ0n) is 11.2. The first-order chi connectivity index (χ1) is 8.81. The second-order valence-corrected chi connectivity index (χ2v) is 4.63. The fourth-order valence-electron chi connectivity index (χ4n) is 2.10. The highest BCUT2D eigenvalue weighted by Gasteiger charge is 2.48. The van der Waals surface area contributed by atoms with Crippen LogP contribution in [0.2, 0.25) is 0 Å². The van der Waals surface area contributed by atoms with Gasteiger partial charge in [0.1, 0.15) is 5.41 Å². The van der Waals surface area contributed by atoms with E-state index in [1.54, 1.807) is 13.8 Å². The van der Waals surface area contributed by atoms with E-state index in [9.17, 15) is 19.2 Å². The van der Waals surface area contributed by atoms with Crippen LogP contribution >= 0.6 is 0 Å². The van der Waals surface area contributed by atoms with Gasteiger partial charge in [0.15, 0.2) is 0 Å². The molecule has 0 radical (unpaired) electrons. The number of rotatable bonds is 5. The minimum Gasteiger partial charge on any atom is -0.463 e. The summed E-state index contributed by atoms with van der Waals surface area (Å²) in [7, 11) is 0. The van der Waals surface area contributed by atoms with E-state index in [1.807, 2.05) is 0 Å². The normalized spacial score (nSPS) is 19.4. The Morgan fingerprint density at radius 2 is 1.79 bits per heavy atom. The number of imide groups is 2. The van der Waals surface area contributed by atoms with E-state index in [0.717, 1.165) is 0 Å². The van der Waals surface area contributed by atoms with Gasteiger partial charge in [-0.15, -0.1) is 0 Å². The number of carbonyl (C=O) groups is 4. The van der Waals surface area contributed by atoms with Gasteiger partial charge in [0.05, 0.1) is 6.10 Å². The Kier molecular flexibility index (Phi) is 4.63. The molecule has 0 aliphatic carbocycles. The highest BCUT2D eigenvalue weighted by Crippen LogP contribution is 2.31. The fourth-order valence-corrected chi connectivity index (χ4v) is 2.10. The molecule has 1 rings (SSSR count). The molecule has 1 fully saturated rings. The molecule has 0 aromatic rings. The van der Waals surface area contributed by atoms with Crippen LogP contribution in [-0.2, 0) is 19.1 Å². The zero-order chi connectivity index (χ0) is 14.6. The second kappa shape index (κ2) is 5.81. The molecule has 0 aromatic carbocycles. The van der Waals surface area contributed by atoms with Gasteiger partial charge in [-0.3, -0.25) is 25.0 Å². The summed E-state index contributed by atoms with van der Waals surface area (Å²) in [5, 5.41) is 4.20. The van der Waals surface area contributed by atoms with Crippen LogP contribution in [0.3, 0.4) is 0 Å². The van der Waals surface area contributed by atoms with Gasteiger partial charge in [-0.2, -0.15) is 0 Å². The number of hydrogen-bond donors (Lipinski definition) is 2. The maximum atomic E-state index is 11.9. The fraction of sp³-hybridized carbons (Fsp3) is 0.667. The van der Waals surface area contributed by atoms with Crippen molar-refractivity contribution >= 4 is 23.8 Å². The largest absolute Gasteiger partial charge is 0.463 e. The van der Waals surface area contributed by atoms with Gasteiger partial charge >= 0.3 is 12.0 Å². The summed E-state index contributed by atoms with van der Waals surface area (Å²) in [4.78, 5) is 45.6. The number of nitrogens with one attached hydrogen (secondary N) is 2. The summed E-state index contributed by atoms with van der Waals surface area (Å²) in [6.07, 6.45) is 0.454. The van der Waals surface area contributed by atoms with Crippen LogP contribution in [0.1, 0.15) is 40.0 Å². The molecule has 1 unspecified atom stereocenters. The van der Waals surface area contributed by atoms with Gasteiger partial charge in [0.2, 0.25) is 11.8 Å². The quantitative estimate of drug-likeness (QED) is 0.559. The summed E-state index contributed by atoms with van der Waals surface area (Å²) in [5.74, 6) is -1.61. The van der Waals surface area contributed by atoms with Crippen molar-refractivity contribution in [1.29, 1.82) is 0 Å². The van der Waals surface area contributed by atoms with E-state index in [4.69, 9.17) is 4.74 Å². The van der Waals surface area contributed by atoms with Crippen molar-refractivity contribution in [2.45, 2.75) is 46.1 Å². The van der Waals surface area contributed by atoms with Gasteiger partial charge in [-0.05, 0) is 26.2 Å². The van der Waals surface area contributed by atoms with Crippen LogP contribution in [0, 0.1) is 5.41 Å². The second-order valence-electron chi connectivity index (χ2n) is 4.63. The molecule has 2 N–H and O–H groups in total. The van der Waals surface area contributed by atoms with Gasteiger partial charge in [-0.1, -0.05) is 6.92 Å². The number of hydrogen-bond acceptors (Lipinski definition) is 5. The molecule has 1 heterocycles. The van der Waals surface area contributed by atoms with E-state index in [1.165, 1.54) is 6.92 Å². The summed E-state index contributed by atoms with van der Waals surface area (Å²) in [6.45, 7) is 4.69. The van der Waals surface area contributed by atoms with Gasteiger partial charge < -0.3 is 4.74 Å². The van der Waals surface area contributed by atoms with Crippen molar-refractivity contribution in [3.8, 4) is 0 Å². The molecular weight excluding hydrogens is 252 g/mol. The van der Waals surface area contributed by atoms with Crippen LogP contribution in [-0.4, -0.2) is 29.9 Å². The number of barbiturate groups is 1. The average molecular weight is 270 g/mol. The first-order valence-corrected chi connectivity index (χ1v) is 6.16.